The first-order valence-electron chi connectivity index (χ1n) is 5.86. The van der Waals surface area contributed by atoms with Crippen molar-refractivity contribution in [2.75, 3.05) is 19.6 Å². The van der Waals surface area contributed by atoms with Gasteiger partial charge in [-0.05, 0) is 18.4 Å². The van der Waals surface area contributed by atoms with Crippen molar-refractivity contribution >= 4 is 5.91 Å². The molecule has 0 bridgehead atoms. The number of amides is 1. The summed E-state index contributed by atoms with van der Waals surface area (Å²) in [6.45, 7) is 7.88. The Hall–Kier alpha value is -1.08. The van der Waals surface area contributed by atoms with Crippen molar-refractivity contribution in [3.05, 3.63) is 0 Å². The van der Waals surface area contributed by atoms with Crippen LogP contribution in [-0.2, 0) is 4.79 Å². The minimum atomic E-state index is 0.113. The number of rotatable bonds is 7. The summed E-state index contributed by atoms with van der Waals surface area (Å²) in [5.41, 5.74) is 5.50. The Kier molecular flexibility index (Phi) is 7.57. The van der Waals surface area contributed by atoms with E-state index in [4.69, 9.17) is 11.0 Å². The lowest BCUT2D eigenvalue weighted by Crippen LogP contribution is -2.36. The van der Waals surface area contributed by atoms with Crippen LogP contribution in [0, 0.1) is 23.2 Å². The summed E-state index contributed by atoms with van der Waals surface area (Å²) in [6.07, 6.45) is 0.879. The van der Waals surface area contributed by atoms with Gasteiger partial charge < -0.3 is 10.6 Å². The van der Waals surface area contributed by atoms with E-state index >= 15 is 0 Å². The molecule has 0 saturated carbocycles. The second kappa shape index (κ2) is 8.12. The average molecular weight is 225 g/mol. The normalized spacial score (nSPS) is 12.2. The van der Waals surface area contributed by atoms with Gasteiger partial charge in [0.1, 0.15) is 0 Å². The molecule has 4 nitrogen and oxygen atoms in total. The fourth-order valence-corrected chi connectivity index (χ4v) is 1.45. The smallest absolute Gasteiger partial charge is 0.222 e. The summed E-state index contributed by atoms with van der Waals surface area (Å²) in [7, 11) is 0. The van der Waals surface area contributed by atoms with E-state index in [1.165, 1.54) is 0 Å². The summed E-state index contributed by atoms with van der Waals surface area (Å²) < 4.78 is 0. The number of carbonyl (C=O) groups is 1. The molecule has 0 aliphatic carbocycles. The predicted octanol–water partition coefficient (Wildman–Crippen LogP) is 1.37. The Morgan fingerprint density at radius 3 is 2.50 bits per heavy atom. The maximum Gasteiger partial charge on any atom is 0.222 e. The molecule has 0 fully saturated rings. The molecule has 0 radical (unpaired) electrons. The third kappa shape index (κ3) is 6.41. The van der Waals surface area contributed by atoms with Gasteiger partial charge in [0.25, 0.3) is 0 Å². The van der Waals surface area contributed by atoms with E-state index in [0.29, 0.717) is 31.8 Å². The number of carbonyl (C=O) groups excluding carboxylic acids is 1. The summed E-state index contributed by atoms with van der Waals surface area (Å²) in [5.74, 6) is 0.752. The highest BCUT2D eigenvalue weighted by Gasteiger charge is 2.16. The Labute approximate surface area is 98.4 Å². The molecule has 2 N–H and O–H groups in total. The Morgan fingerprint density at radius 2 is 2.06 bits per heavy atom. The summed E-state index contributed by atoms with van der Waals surface area (Å²) in [4.78, 5) is 13.7. The molecule has 92 valence electrons. The number of hydrogen-bond acceptors (Lipinski definition) is 3. The van der Waals surface area contributed by atoms with Gasteiger partial charge in [-0.2, -0.15) is 5.26 Å². The predicted molar refractivity (Wildman–Crippen MR) is 64.5 cm³/mol. The molecule has 0 aliphatic heterocycles. The van der Waals surface area contributed by atoms with Gasteiger partial charge in [0, 0.05) is 19.5 Å². The van der Waals surface area contributed by atoms with E-state index < -0.39 is 0 Å². The van der Waals surface area contributed by atoms with E-state index in [0.717, 1.165) is 6.54 Å². The maximum atomic E-state index is 11.9. The SMILES string of the molecule is CC(C)CN(CCC#N)C(=O)CC(C)CN. The standard InChI is InChI=1S/C12H23N3O/c1-10(2)9-15(6-4-5-13)12(16)7-11(3)8-14/h10-11H,4,6-9,14H2,1-3H3. The minimum Gasteiger partial charge on any atom is -0.341 e. The minimum absolute atomic E-state index is 0.113. The number of hydrogen-bond donors (Lipinski definition) is 1. The van der Waals surface area contributed by atoms with E-state index in [1.807, 2.05) is 6.92 Å². The molecule has 0 aromatic carbocycles. The maximum absolute atomic E-state index is 11.9. The highest BCUT2D eigenvalue weighted by Crippen LogP contribution is 2.07. The van der Waals surface area contributed by atoms with Gasteiger partial charge in [0.2, 0.25) is 5.91 Å². The summed E-state index contributed by atoms with van der Waals surface area (Å²) in [6, 6.07) is 2.08. The van der Waals surface area contributed by atoms with Crippen molar-refractivity contribution in [3.63, 3.8) is 0 Å². The third-order valence-corrected chi connectivity index (χ3v) is 2.36. The Morgan fingerprint density at radius 1 is 1.44 bits per heavy atom. The first-order chi connectivity index (χ1) is 7.51. The van der Waals surface area contributed by atoms with Crippen LogP contribution in [0.1, 0.15) is 33.6 Å². The third-order valence-electron chi connectivity index (χ3n) is 2.36. The molecule has 16 heavy (non-hydrogen) atoms. The van der Waals surface area contributed by atoms with Crippen molar-refractivity contribution in [1.82, 2.24) is 4.90 Å². The second-order valence-corrected chi connectivity index (χ2v) is 4.69. The van der Waals surface area contributed by atoms with Crippen LogP contribution in [0.25, 0.3) is 0 Å². The van der Waals surface area contributed by atoms with Gasteiger partial charge in [0.15, 0.2) is 0 Å². The molecule has 4 heteroatoms. The monoisotopic (exact) mass is 225 g/mol. The molecule has 0 heterocycles. The first kappa shape index (κ1) is 14.9. The quantitative estimate of drug-likeness (QED) is 0.711. The van der Waals surface area contributed by atoms with Crippen molar-refractivity contribution in [1.29, 1.82) is 5.26 Å². The van der Waals surface area contributed by atoms with Crippen LogP contribution in [0.4, 0.5) is 0 Å². The molecule has 0 aliphatic rings. The van der Waals surface area contributed by atoms with Gasteiger partial charge in [-0.15, -0.1) is 0 Å². The number of nitriles is 1. The Bertz CT molecular complexity index is 245. The Balaban J connectivity index is 4.26. The van der Waals surface area contributed by atoms with E-state index in [1.54, 1.807) is 4.90 Å². The first-order valence-corrected chi connectivity index (χ1v) is 5.86. The van der Waals surface area contributed by atoms with Gasteiger partial charge in [-0.1, -0.05) is 20.8 Å². The molecule has 0 aromatic rings. The van der Waals surface area contributed by atoms with Crippen molar-refractivity contribution in [2.24, 2.45) is 17.6 Å². The second-order valence-electron chi connectivity index (χ2n) is 4.69. The van der Waals surface area contributed by atoms with Crippen LogP contribution >= 0.6 is 0 Å². The van der Waals surface area contributed by atoms with Crippen LogP contribution in [-0.4, -0.2) is 30.4 Å². The summed E-state index contributed by atoms with van der Waals surface area (Å²) >= 11 is 0. The van der Waals surface area contributed by atoms with E-state index in [-0.39, 0.29) is 11.8 Å². The number of nitrogens with zero attached hydrogens (tertiary/aromatic N) is 2. The molecule has 0 saturated heterocycles. The van der Waals surface area contributed by atoms with Gasteiger partial charge in [-0.25, -0.2) is 0 Å². The van der Waals surface area contributed by atoms with Gasteiger partial charge >= 0.3 is 0 Å². The van der Waals surface area contributed by atoms with Crippen LogP contribution < -0.4 is 5.73 Å². The number of nitrogens with two attached hydrogens (primary N) is 1. The zero-order valence-electron chi connectivity index (χ0n) is 10.6. The zero-order valence-corrected chi connectivity index (χ0v) is 10.6. The van der Waals surface area contributed by atoms with Crippen LogP contribution in [0.2, 0.25) is 0 Å². The van der Waals surface area contributed by atoms with Crippen LogP contribution in [0.3, 0.4) is 0 Å². The molecule has 0 aromatic heterocycles. The van der Waals surface area contributed by atoms with Crippen LogP contribution in [0.15, 0.2) is 0 Å². The van der Waals surface area contributed by atoms with Crippen molar-refractivity contribution in [3.8, 4) is 6.07 Å². The highest BCUT2D eigenvalue weighted by molar-refractivity contribution is 5.76. The molecule has 1 amide bonds. The van der Waals surface area contributed by atoms with Gasteiger partial charge in [-0.3, -0.25) is 4.79 Å². The van der Waals surface area contributed by atoms with Gasteiger partial charge in [0.05, 0.1) is 12.5 Å². The highest BCUT2D eigenvalue weighted by atomic mass is 16.2. The van der Waals surface area contributed by atoms with Crippen molar-refractivity contribution in [2.45, 2.75) is 33.6 Å². The average Bonchev–Trinajstić information content (AvgIpc) is 2.23. The fraction of sp³-hybridized carbons (Fsp3) is 0.833. The lowest BCUT2D eigenvalue weighted by atomic mass is 10.1. The largest absolute Gasteiger partial charge is 0.341 e. The fourth-order valence-electron chi connectivity index (χ4n) is 1.45. The van der Waals surface area contributed by atoms with E-state index in [2.05, 4.69) is 19.9 Å². The summed E-state index contributed by atoms with van der Waals surface area (Å²) in [5, 5.41) is 8.55. The van der Waals surface area contributed by atoms with E-state index in [9.17, 15) is 4.79 Å². The molecule has 1 unspecified atom stereocenters. The lowest BCUT2D eigenvalue weighted by Gasteiger charge is -2.24. The zero-order chi connectivity index (χ0) is 12.6. The van der Waals surface area contributed by atoms with Crippen LogP contribution in [0.5, 0.6) is 0 Å². The topological polar surface area (TPSA) is 70.1 Å². The molecular formula is C12H23N3O. The van der Waals surface area contributed by atoms with Crippen molar-refractivity contribution < 1.29 is 4.79 Å². The molecule has 0 rings (SSSR count). The lowest BCUT2D eigenvalue weighted by molar-refractivity contribution is -0.132. The molecular weight excluding hydrogens is 202 g/mol. The molecule has 1 atom stereocenters. The molecule has 0 spiro atoms.